The summed E-state index contributed by atoms with van der Waals surface area (Å²) in [4.78, 5) is 60.7. The number of nitrogens with one attached hydrogen (secondary N) is 2. The van der Waals surface area contributed by atoms with Crippen molar-refractivity contribution in [2.45, 2.75) is 121 Å². The summed E-state index contributed by atoms with van der Waals surface area (Å²) in [7, 11) is 0. The van der Waals surface area contributed by atoms with E-state index in [4.69, 9.17) is 34.8 Å². The van der Waals surface area contributed by atoms with Gasteiger partial charge in [0.05, 0.1) is 31.2 Å². The molecule has 5 N–H and O–H groups in total. The van der Waals surface area contributed by atoms with E-state index in [1.807, 2.05) is 44.3 Å². The van der Waals surface area contributed by atoms with Crippen LogP contribution in [0.1, 0.15) is 90.9 Å². The van der Waals surface area contributed by atoms with Crippen LogP contribution in [0.3, 0.4) is 0 Å². The van der Waals surface area contributed by atoms with Crippen LogP contribution in [0.5, 0.6) is 11.5 Å². The average Bonchev–Trinajstić information content (AvgIpc) is 4.01. The lowest BCUT2D eigenvalue weighted by Gasteiger charge is -2.28. The Balaban J connectivity index is 0.956. The van der Waals surface area contributed by atoms with Crippen molar-refractivity contribution in [3.63, 3.8) is 0 Å². The van der Waals surface area contributed by atoms with Crippen molar-refractivity contribution in [2.75, 3.05) is 51.3 Å². The molecular formula is C46H64N8O9. The summed E-state index contributed by atoms with van der Waals surface area (Å²) < 4.78 is 25.9. The highest BCUT2D eigenvalue weighted by Crippen LogP contribution is 2.52. The van der Waals surface area contributed by atoms with E-state index in [1.54, 1.807) is 10.7 Å². The maximum atomic E-state index is 14.5. The Kier molecular flexibility index (Phi) is 14.2. The number of nitrogens with two attached hydrogens (primary N) is 1. The van der Waals surface area contributed by atoms with E-state index < -0.39 is 42.1 Å². The van der Waals surface area contributed by atoms with Crippen LogP contribution in [-0.4, -0.2) is 130 Å². The normalized spacial score (nSPS) is 25.7. The summed E-state index contributed by atoms with van der Waals surface area (Å²) in [5, 5.41) is 20.8. The van der Waals surface area contributed by atoms with E-state index in [2.05, 4.69) is 15.5 Å². The number of anilines is 1. The fourth-order valence-electron chi connectivity index (χ4n) is 9.68. The lowest BCUT2D eigenvalue weighted by molar-refractivity contribution is -0.139. The second kappa shape index (κ2) is 20.1. The van der Waals surface area contributed by atoms with Gasteiger partial charge in [0.25, 0.3) is 0 Å². The zero-order valence-electron chi connectivity index (χ0n) is 36.6. The number of aliphatic carboxylic acids is 1. The van der Waals surface area contributed by atoms with Crippen LogP contribution in [0.2, 0.25) is 0 Å². The summed E-state index contributed by atoms with van der Waals surface area (Å²) in [6.45, 7) is 8.61. The number of aromatic nitrogens is 3. The number of carboxylic acids is 1. The van der Waals surface area contributed by atoms with Gasteiger partial charge >= 0.3 is 12.1 Å². The molecular weight excluding hydrogens is 809 g/mol. The zero-order valence-corrected chi connectivity index (χ0v) is 36.6. The second-order valence-corrected chi connectivity index (χ2v) is 18.5. The molecule has 2 aliphatic heterocycles. The number of likely N-dealkylation sites (tertiary alicyclic amines) is 1. The third-order valence-electron chi connectivity index (χ3n) is 13.3. The van der Waals surface area contributed by atoms with Gasteiger partial charge < -0.3 is 45.3 Å². The molecule has 3 amide bonds. The largest absolute Gasteiger partial charge is 0.492 e. The molecule has 5 fully saturated rings. The number of fused-ring (bicyclic) bond motifs is 2. The number of hydrogen-bond donors (Lipinski definition) is 4. The van der Waals surface area contributed by atoms with Crippen LogP contribution in [0.4, 0.5) is 10.6 Å². The predicted molar refractivity (Wildman–Crippen MR) is 234 cm³/mol. The number of benzene rings is 1. The first-order valence-corrected chi connectivity index (χ1v) is 23.1. The standard InChI is InChI=1S/C46H64N8O9/c1-28(2)48-41-12-13-54(51-41)42-26-40(35-11-10-32(24-38(35)49-42)61-19-16-52-14-17-60-18-15-52)62-34-25-39(43(47)55)53(27-34)44(56)37(50-46(59)63-33-21-30-20-31(30)22-33)9-7-5-3-4-6-8-29-23-36(29)45(57)58/h10-13,24,26,28-31,33-34,36-37,39H,3-9,14-23,25,27H2,1-2H3,(H2,47,55)(H,48,51)(H,50,59)(H,57,58)/t29-,30-,31+,33?,34?,36+,37+,39+/m1/s1. The van der Waals surface area contributed by atoms with Crippen LogP contribution in [-0.2, 0) is 23.9 Å². The van der Waals surface area contributed by atoms with Gasteiger partial charge in [-0.1, -0.05) is 32.1 Å². The third-order valence-corrected chi connectivity index (χ3v) is 13.3. The molecule has 3 aliphatic carbocycles. The molecule has 63 heavy (non-hydrogen) atoms. The van der Waals surface area contributed by atoms with Crippen molar-refractivity contribution in [2.24, 2.45) is 29.4 Å². The van der Waals surface area contributed by atoms with E-state index in [-0.39, 0.29) is 36.9 Å². The number of pyridine rings is 1. The van der Waals surface area contributed by atoms with Crippen LogP contribution in [0, 0.1) is 23.7 Å². The monoisotopic (exact) mass is 872 g/mol. The molecule has 3 aromatic rings. The predicted octanol–water partition coefficient (Wildman–Crippen LogP) is 5.13. The quantitative estimate of drug-likeness (QED) is 0.0966. The van der Waals surface area contributed by atoms with Gasteiger partial charge in [0.2, 0.25) is 11.8 Å². The lowest BCUT2D eigenvalue weighted by atomic mass is 10.0. The highest BCUT2D eigenvalue weighted by atomic mass is 16.6. The Bertz CT molecular complexity index is 2080. The van der Waals surface area contributed by atoms with Gasteiger partial charge in [0.1, 0.15) is 48.2 Å². The number of ether oxygens (including phenoxy) is 4. The third kappa shape index (κ3) is 11.7. The first-order chi connectivity index (χ1) is 30.5. The Morgan fingerprint density at radius 1 is 0.952 bits per heavy atom. The summed E-state index contributed by atoms with van der Waals surface area (Å²) >= 11 is 0. The molecule has 17 heteroatoms. The number of carboxylic acid groups (broad SMARTS) is 1. The molecule has 2 aromatic heterocycles. The number of carbonyl (C=O) groups is 4. The molecule has 0 radical (unpaired) electrons. The van der Waals surface area contributed by atoms with Crippen LogP contribution < -0.4 is 25.8 Å². The summed E-state index contributed by atoms with van der Waals surface area (Å²) in [6, 6.07) is 7.66. The molecule has 2 saturated heterocycles. The number of alkyl carbamates (subject to hydrolysis) is 1. The molecule has 1 aromatic carbocycles. The molecule has 342 valence electrons. The molecule has 17 nitrogen and oxygen atoms in total. The SMILES string of the molecule is CC(C)Nc1ccn(-c2cc(OC3C[C@@H](C(N)=O)N(C(=O)[C@H](CCCCCCC[C@@H]4C[C@@H]4C(=O)O)NC(=O)OC4C[C@@H]5C[C@@H]5C4)C3)c3ccc(OCCN4CCOCC4)cc3n2)n1. The number of rotatable bonds is 22. The smallest absolute Gasteiger partial charge is 0.408 e. The summed E-state index contributed by atoms with van der Waals surface area (Å²) in [6.07, 6.45) is 9.96. The van der Waals surface area contributed by atoms with E-state index in [0.29, 0.717) is 59.9 Å². The Morgan fingerprint density at radius 3 is 2.48 bits per heavy atom. The first kappa shape index (κ1) is 44.4. The highest BCUT2D eigenvalue weighted by Gasteiger charge is 2.48. The van der Waals surface area contributed by atoms with E-state index in [1.165, 1.54) is 11.3 Å². The lowest BCUT2D eigenvalue weighted by Crippen LogP contribution is -2.53. The number of primary amides is 1. The van der Waals surface area contributed by atoms with Gasteiger partial charge in [-0.15, -0.1) is 5.10 Å². The molecule has 2 unspecified atom stereocenters. The van der Waals surface area contributed by atoms with E-state index in [0.717, 1.165) is 89.6 Å². The minimum atomic E-state index is -0.948. The summed E-state index contributed by atoms with van der Waals surface area (Å²) in [5.74, 6) is 1.97. The molecule has 8 rings (SSSR count). The van der Waals surface area contributed by atoms with Crippen LogP contribution in [0.15, 0.2) is 36.5 Å². The molecule has 3 saturated carbocycles. The minimum absolute atomic E-state index is 0.0796. The number of unbranched alkanes of at least 4 members (excludes halogenated alkanes) is 4. The number of morpholine rings is 1. The van der Waals surface area contributed by atoms with Crippen molar-refractivity contribution in [1.82, 2.24) is 29.9 Å². The average molecular weight is 873 g/mol. The molecule has 0 spiro atoms. The zero-order chi connectivity index (χ0) is 44.0. The molecule has 8 atom stereocenters. The number of hydrogen-bond acceptors (Lipinski definition) is 12. The fourth-order valence-corrected chi connectivity index (χ4v) is 9.68. The van der Waals surface area contributed by atoms with E-state index >= 15 is 0 Å². The summed E-state index contributed by atoms with van der Waals surface area (Å²) in [5.41, 5.74) is 6.60. The van der Waals surface area contributed by atoms with Gasteiger partial charge in [-0.3, -0.25) is 19.3 Å². The van der Waals surface area contributed by atoms with E-state index in [9.17, 15) is 24.3 Å². The topological polar surface area (TPSA) is 213 Å². The van der Waals surface area contributed by atoms with Gasteiger partial charge in [0.15, 0.2) is 5.82 Å². The number of nitrogens with zero attached hydrogens (tertiary/aromatic N) is 5. The Labute approximate surface area is 368 Å². The van der Waals surface area contributed by atoms with Gasteiger partial charge in [-0.05, 0) is 82.3 Å². The molecule has 0 bridgehead atoms. The molecule has 5 aliphatic rings. The van der Waals surface area contributed by atoms with Crippen molar-refractivity contribution in [3.8, 4) is 17.3 Å². The van der Waals surface area contributed by atoms with Crippen molar-refractivity contribution in [3.05, 3.63) is 36.5 Å². The van der Waals surface area contributed by atoms with Crippen LogP contribution >= 0.6 is 0 Å². The Hall–Kier alpha value is -5.16. The minimum Gasteiger partial charge on any atom is -0.492 e. The number of carbonyl (C=O) groups excluding carboxylic acids is 3. The van der Waals surface area contributed by atoms with Crippen molar-refractivity contribution >= 4 is 40.6 Å². The fraction of sp³-hybridized carbons (Fsp3) is 0.652. The van der Waals surface area contributed by atoms with Gasteiger partial charge in [-0.2, -0.15) is 0 Å². The molecule has 4 heterocycles. The van der Waals surface area contributed by atoms with Crippen molar-refractivity contribution < 1.29 is 43.2 Å². The maximum absolute atomic E-state index is 14.5. The second-order valence-electron chi connectivity index (χ2n) is 18.5. The van der Waals surface area contributed by atoms with Gasteiger partial charge in [0, 0.05) is 61.9 Å². The van der Waals surface area contributed by atoms with Crippen LogP contribution in [0.25, 0.3) is 16.7 Å². The van der Waals surface area contributed by atoms with Gasteiger partial charge in [-0.25, -0.2) is 14.5 Å². The Morgan fingerprint density at radius 2 is 1.73 bits per heavy atom. The number of amides is 3. The highest BCUT2D eigenvalue weighted by molar-refractivity contribution is 5.92. The first-order valence-electron chi connectivity index (χ1n) is 23.1. The maximum Gasteiger partial charge on any atom is 0.408 e. The van der Waals surface area contributed by atoms with Crippen molar-refractivity contribution in [1.29, 1.82) is 0 Å².